The first-order valence-electron chi connectivity index (χ1n) is 5.52. The molecule has 4 nitrogen and oxygen atoms in total. The number of aliphatic carboxylic acids is 1. The molecule has 1 heterocycles. The number of aromatic nitrogens is 2. The molecule has 0 spiro atoms. The molecule has 0 aliphatic carbocycles. The molecule has 5 heteroatoms. The van der Waals surface area contributed by atoms with E-state index < -0.39 is 5.97 Å². The number of carboxylic acids is 1. The molecule has 0 amide bonds. The fraction of sp³-hybridized carbons (Fsp3) is 0.636. The van der Waals surface area contributed by atoms with Crippen LogP contribution in [0.2, 0.25) is 0 Å². The van der Waals surface area contributed by atoms with Crippen LogP contribution >= 0.6 is 11.8 Å². The van der Waals surface area contributed by atoms with Gasteiger partial charge in [0.2, 0.25) is 0 Å². The van der Waals surface area contributed by atoms with Gasteiger partial charge in [0.1, 0.15) is 0 Å². The molecule has 1 aromatic rings. The van der Waals surface area contributed by atoms with E-state index in [0.29, 0.717) is 5.75 Å². The van der Waals surface area contributed by atoms with Crippen molar-refractivity contribution in [1.29, 1.82) is 0 Å². The van der Waals surface area contributed by atoms with Gasteiger partial charge >= 0.3 is 5.97 Å². The summed E-state index contributed by atoms with van der Waals surface area (Å²) in [5.41, 5.74) is 2.30. The second-order valence-electron chi connectivity index (χ2n) is 3.49. The summed E-state index contributed by atoms with van der Waals surface area (Å²) in [7, 11) is 0. The summed E-state index contributed by atoms with van der Waals surface area (Å²) in [5.74, 6) is 0.769. The number of hydrogen-bond donors (Lipinski definition) is 1. The van der Waals surface area contributed by atoms with E-state index in [0.717, 1.165) is 24.4 Å². The Bertz CT molecular complexity index is 350. The molecule has 1 N–H and O–H groups in total. The molecular weight excluding hydrogens is 224 g/mol. The third kappa shape index (κ3) is 3.89. The van der Waals surface area contributed by atoms with Crippen LogP contribution in [0.5, 0.6) is 0 Å². The number of carbonyl (C=O) groups is 1. The SMILES string of the molecule is CCc1cc(CSCCC(=O)O)n(CC)n1. The molecule has 0 saturated heterocycles. The van der Waals surface area contributed by atoms with E-state index in [2.05, 4.69) is 25.0 Å². The highest BCUT2D eigenvalue weighted by Crippen LogP contribution is 2.15. The van der Waals surface area contributed by atoms with E-state index in [9.17, 15) is 4.79 Å². The minimum Gasteiger partial charge on any atom is -0.481 e. The van der Waals surface area contributed by atoms with Crippen LogP contribution in [0.3, 0.4) is 0 Å². The van der Waals surface area contributed by atoms with Crippen LogP contribution in [0.4, 0.5) is 0 Å². The van der Waals surface area contributed by atoms with E-state index in [1.54, 1.807) is 11.8 Å². The van der Waals surface area contributed by atoms with Gasteiger partial charge < -0.3 is 5.11 Å². The third-order valence-electron chi connectivity index (χ3n) is 2.29. The number of rotatable bonds is 7. The van der Waals surface area contributed by atoms with Crippen molar-refractivity contribution >= 4 is 17.7 Å². The molecule has 16 heavy (non-hydrogen) atoms. The molecule has 1 rings (SSSR count). The van der Waals surface area contributed by atoms with Crippen molar-refractivity contribution in [2.45, 2.75) is 39.0 Å². The zero-order chi connectivity index (χ0) is 12.0. The van der Waals surface area contributed by atoms with E-state index in [-0.39, 0.29) is 6.42 Å². The minimum atomic E-state index is -0.731. The summed E-state index contributed by atoms with van der Waals surface area (Å²) in [6.45, 7) is 5.02. The summed E-state index contributed by atoms with van der Waals surface area (Å²) in [4.78, 5) is 10.4. The van der Waals surface area contributed by atoms with Crippen LogP contribution in [0.25, 0.3) is 0 Å². The van der Waals surface area contributed by atoms with Gasteiger partial charge in [-0.05, 0) is 19.4 Å². The molecule has 0 bridgehead atoms. The maximum absolute atomic E-state index is 10.4. The number of hydrogen-bond acceptors (Lipinski definition) is 3. The lowest BCUT2D eigenvalue weighted by Gasteiger charge is -2.03. The Morgan fingerprint density at radius 3 is 2.88 bits per heavy atom. The Hall–Kier alpha value is -0.970. The summed E-state index contributed by atoms with van der Waals surface area (Å²) in [5, 5.41) is 13.0. The predicted molar refractivity (Wildman–Crippen MR) is 65.7 cm³/mol. The molecule has 0 aliphatic heterocycles. The third-order valence-corrected chi connectivity index (χ3v) is 3.28. The standard InChI is InChI=1S/C11H18N2O2S/c1-3-9-7-10(13(4-2)12-9)8-16-6-5-11(14)15/h7H,3-6,8H2,1-2H3,(H,14,15). The van der Waals surface area contributed by atoms with Crippen molar-refractivity contribution < 1.29 is 9.90 Å². The largest absolute Gasteiger partial charge is 0.481 e. The zero-order valence-corrected chi connectivity index (χ0v) is 10.6. The summed E-state index contributed by atoms with van der Waals surface area (Å²) < 4.78 is 1.99. The highest BCUT2D eigenvalue weighted by molar-refractivity contribution is 7.98. The smallest absolute Gasteiger partial charge is 0.304 e. The van der Waals surface area contributed by atoms with Crippen molar-refractivity contribution in [1.82, 2.24) is 9.78 Å². The average Bonchev–Trinajstić information content (AvgIpc) is 2.66. The van der Waals surface area contributed by atoms with Gasteiger partial charge in [-0.15, -0.1) is 0 Å². The number of carboxylic acid groups (broad SMARTS) is 1. The quantitative estimate of drug-likeness (QED) is 0.745. The van der Waals surface area contributed by atoms with Gasteiger partial charge in [-0.3, -0.25) is 9.48 Å². The first-order valence-corrected chi connectivity index (χ1v) is 6.68. The molecule has 0 radical (unpaired) electrons. The maximum atomic E-state index is 10.4. The lowest BCUT2D eigenvalue weighted by molar-refractivity contribution is -0.136. The van der Waals surface area contributed by atoms with Crippen LogP contribution in [0.1, 0.15) is 31.7 Å². The summed E-state index contributed by atoms with van der Waals surface area (Å²) in [6, 6.07) is 2.11. The summed E-state index contributed by atoms with van der Waals surface area (Å²) >= 11 is 1.65. The molecule has 1 aromatic heterocycles. The number of aryl methyl sites for hydroxylation is 2. The lowest BCUT2D eigenvalue weighted by atomic mass is 10.3. The zero-order valence-electron chi connectivity index (χ0n) is 9.77. The second-order valence-corrected chi connectivity index (χ2v) is 4.60. The van der Waals surface area contributed by atoms with Gasteiger partial charge in [-0.1, -0.05) is 6.92 Å². The fourth-order valence-electron chi connectivity index (χ4n) is 1.41. The molecule has 0 aromatic carbocycles. The molecule has 0 aliphatic rings. The van der Waals surface area contributed by atoms with Crippen LogP contribution in [0, 0.1) is 0 Å². The molecule has 90 valence electrons. The highest BCUT2D eigenvalue weighted by atomic mass is 32.2. The van der Waals surface area contributed by atoms with Crippen molar-refractivity contribution in [2.24, 2.45) is 0 Å². The van der Waals surface area contributed by atoms with Crippen molar-refractivity contribution in [3.8, 4) is 0 Å². The van der Waals surface area contributed by atoms with Gasteiger partial charge in [0, 0.05) is 23.7 Å². The monoisotopic (exact) mass is 242 g/mol. The first-order chi connectivity index (χ1) is 7.67. The number of thioether (sulfide) groups is 1. The average molecular weight is 242 g/mol. The second kappa shape index (κ2) is 6.58. The Morgan fingerprint density at radius 1 is 1.56 bits per heavy atom. The highest BCUT2D eigenvalue weighted by Gasteiger charge is 2.06. The predicted octanol–water partition coefficient (Wildman–Crippen LogP) is 2.17. The molecular formula is C11H18N2O2S. The van der Waals surface area contributed by atoms with Crippen molar-refractivity contribution in [3.05, 3.63) is 17.5 Å². The maximum Gasteiger partial charge on any atom is 0.304 e. The molecule has 0 unspecified atom stereocenters. The van der Waals surface area contributed by atoms with Crippen molar-refractivity contribution in [3.63, 3.8) is 0 Å². The van der Waals surface area contributed by atoms with Gasteiger partial charge in [0.15, 0.2) is 0 Å². The lowest BCUT2D eigenvalue weighted by Crippen LogP contribution is -2.02. The molecule has 0 fully saturated rings. The van der Waals surface area contributed by atoms with E-state index >= 15 is 0 Å². The van der Waals surface area contributed by atoms with Crippen LogP contribution in [-0.4, -0.2) is 26.6 Å². The van der Waals surface area contributed by atoms with Crippen molar-refractivity contribution in [2.75, 3.05) is 5.75 Å². The summed E-state index contributed by atoms with van der Waals surface area (Å²) in [6.07, 6.45) is 1.17. The Labute approximate surface area is 100 Å². The topological polar surface area (TPSA) is 55.1 Å². The molecule has 0 saturated carbocycles. The van der Waals surface area contributed by atoms with Gasteiger partial charge in [-0.25, -0.2) is 0 Å². The van der Waals surface area contributed by atoms with Gasteiger partial charge in [-0.2, -0.15) is 16.9 Å². The van der Waals surface area contributed by atoms with E-state index in [1.807, 2.05) is 4.68 Å². The van der Waals surface area contributed by atoms with Crippen LogP contribution < -0.4 is 0 Å². The van der Waals surface area contributed by atoms with Crippen LogP contribution in [-0.2, 0) is 23.5 Å². The van der Waals surface area contributed by atoms with Crippen LogP contribution in [0.15, 0.2) is 6.07 Å². The Balaban J connectivity index is 2.45. The molecule has 0 atom stereocenters. The minimum absolute atomic E-state index is 0.228. The van der Waals surface area contributed by atoms with E-state index in [1.165, 1.54) is 5.69 Å². The Morgan fingerprint density at radius 2 is 2.31 bits per heavy atom. The number of nitrogens with zero attached hydrogens (tertiary/aromatic N) is 2. The normalized spacial score (nSPS) is 10.6. The Kier molecular flexibility index (Phi) is 5.38. The van der Waals surface area contributed by atoms with E-state index in [4.69, 9.17) is 5.11 Å². The fourth-order valence-corrected chi connectivity index (χ4v) is 2.32. The van der Waals surface area contributed by atoms with Gasteiger partial charge in [0.25, 0.3) is 0 Å². The first kappa shape index (κ1) is 13.1. The van der Waals surface area contributed by atoms with Gasteiger partial charge in [0.05, 0.1) is 12.1 Å².